The van der Waals surface area contributed by atoms with Crippen LogP contribution in [0.15, 0.2) is 12.7 Å². The average Bonchev–Trinajstić information content (AvgIpc) is 2.25. The number of esters is 1. The fourth-order valence-corrected chi connectivity index (χ4v) is 3.11. The summed E-state index contributed by atoms with van der Waals surface area (Å²) in [6.07, 6.45) is 2.82. The minimum atomic E-state index is -0.335. The van der Waals surface area contributed by atoms with Crippen molar-refractivity contribution >= 4 is 5.97 Å². The Morgan fingerprint density at radius 1 is 1.37 bits per heavy atom. The smallest absolute Gasteiger partial charge is 0.330 e. The van der Waals surface area contributed by atoms with Gasteiger partial charge in [-0.15, -0.1) is 5.92 Å². The first-order valence-electron chi connectivity index (χ1n) is 6.73. The van der Waals surface area contributed by atoms with Gasteiger partial charge in [0.25, 0.3) is 0 Å². The molecule has 19 heavy (non-hydrogen) atoms. The van der Waals surface area contributed by atoms with Gasteiger partial charge in [0.2, 0.25) is 0 Å². The molecule has 0 amide bonds. The summed E-state index contributed by atoms with van der Waals surface area (Å²) in [5.74, 6) is 5.77. The summed E-state index contributed by atoms with van der Waals surface area (Å²) >= 11 is 0. The maximum Gasteiger partial charge on any atom is 0.330 e. The molecule has 0 unspecified atom stereocenters. The Morgan fingerprint density at radius 3 is 2.32 bits per heavy atom. The van der Waals surface area contributed by atoms with Crippen LogP contribution in [0, 0.1) is 11.8 Å². The van der Waals surface area contributed by atoms with E-state index in [2.05, 4.69) is 51.0 Å². The van der Waals surface area contributed by atoms with E-state index >= 15 is 0 Å². The molecule has 1 aliphatic rings. The molecule has 3 heteroatoms. The second kappa shape index (κ2) is 5.79. The number of nitrogens with zero attached hydrogens (tertiary/aromatic N) is 1. The lowest BCUT2D eigenvalue weighted by Crippen LogP contribution is -2.62. The van der Waals surface area contributed by atoms with Gasteiger partial charge in [-0.1, -0.05) is 12.5 Å². The molecule has 0 radical (unpaired) electrons. The molecule has 106 valence electrons. The summed E-state index contributed by atoms with van der Waals surface area (Å²) in [7, 11) is 0. The van der Waals surface area contributed by atoms with Gasteiger partial charge in [-0.3, -0.25) is 4.90 Å². The predicted molar refractivity (Wildman–Crippen MR) is 77.6 cm³/mol. The summed E-state index contributed by atoms with van der Waals surface area (Å²) in [6.45, 7) is 14.8. The largest absolute Gasteiger partial charge is 0.459 e. The third kappa shape index (κ3) is 3.84. The van der Waals surface area contributed by atoms with Crippen molar-refractivity contribution in [2.24, 2.45) is 0 Å². The summed E-state index contributed by atoms with van der Waals surface area (Å²) in [6, 6.07) is 0. The molecule has 1 heterocycles. The number of rotatable bonds is 3. The van der Waals surface area contributed by atoms with Crippen molar-refractivity contribution in [3.05, 3.63) is 12.7 Å². The van der Waals surface area contributed by atoms with Crippen molar-refractivity contribution < 1.29 is 9.53 Å². The highest BCUT2D eigenvalue weighted by molar-refractivity contribution is 5.81. The minimum absolute atomic E-state index is 0.0439. The summed E-state index contributed by atoms with van der Waals surface area (Å²) in [5, 5.41) is 0. The molecule has 0 aromatic carbocycles. The Morgan fingerprint density at radius 2 is 1.89 bits per heavy atom. The molecule has 0 spiro atoms. The van der Waals surface area contributed by atoms with Crippen LogP contribution in [0.2, 0.25) is 0 Å². The standard InChI is InChI=1S/C16H25NO2/c1-7-9-10-17-15(3,4)11-13(12-16(17,5)6)19-14(18)8-2/h8,13H,2,10-12H2,1,3-6H3. The number of hydrogen-bond donors (Lipinski definition) is 0. The van der Waals surface area contributed by atoms with Gasteiger partial charge in [0.1, 0.15) is 6.10 Å². The fraction of sp³-hybridized carbons (Fsp3) is 0.688. The van der Waals surface area contributed by atoms with E-state index < -0.39 is 0 Å². The molecule has 0 bridgehead atoms. The Kier molecular flexibility index (Phi) is 4.81. The second-order valence-corrected chi connectivity index (χ2v) is 6.31. The van der Waals surface area contributed by atoms with Crippen LogP contribution in [0.4, 0.5) is 0 Å². The van der Waals surface area contributed by atoms with Crippen LogP contribution in [0.5, 0.6) is 0 Å². The zero-order chi connectivity index (χ0) is 14.7. The molecule has 3 nitrogen and oxygen atoms in total. The zero-order valence-electron chi connectivity index (χ0n) is 12.7. The number of carbonyl (C=O) groups is 1. The number of likely N-dealkylation sites (tertiary alicyclic amines) is 1. The number of piperidine rings is 1. The quantitative estimate of drug-likeness (QED) is 0.445. The zero-order valence-corrected chi connectivity index (χ0v) is 12.7. The van der Waals surface area contributed by atoms with Gasteiger partial charge in [-0.25, -0.2) is 4.79 Å². The second-order valence-electron chi connectivity index (χ2n) is 6.31. The first-order valence-corrected chi connectivity index (χ1v) is 6.73. The molecule has 1 aliphatic heterocycles. The van der Waals surface area contributed by atoms with Crippen LogP contribution < -0.4 is 0 Å². The Bertz CT molecular complexity index is 394. The van der Waals surface area contributed by atoms with Gasteiger partial charge in [0.05, 0.1) is 6.54 Å². The highest BCUT2D eigenvalue weighted by atomic mass is 16.5. The van der Waals surface area contributed by atoms with E-state index in [-0.39, 0.29) is 23.2 Å². The minimum Gasteiger partial charge on any atom is -0.459 e. The molecule has 0 aromatic heterocycles. The van der Waals surface area contributed by atoms with Crippen molar-refractivity contribution in [1.82, 2.24) is 4.90 Å². The van der Waals surface area contributed by atoms with Crippen LogP contribution in [0.25, 0.3) is 0 Å². The molecule has 1 fully saturated rings. The van der Waals surface area contributed by atoms with E-state index in [1.54, 1.807) is 0 Å². The van der Waals surface area contributed by atoms with Crippen LogP contribution in [-0.4, -0.2) is 34.6 Å². The van der Waals surface area contributed by atoms with Crippen molar-refractivity contribution in [3.63, 3.8) is 0 Å². The van der Waals surface area contributed by atoms with E-state index in [0.29, 0.717) is 0 Å². The SMILES string of the molecule is C=CC(=O)OC1CC(C)(C)N(CC#CC)C(C)(C)C1. The van der Waals surface area contributed by atoms with Crippen molar-refractivity contribution in [2.75, 3.05) is 6.54 Å². The Labute approximate surface area is 117 Å². The van der Waals surface area contributed by atoms with E-state index in [4.69, 9.17) is 4.74 Å². The Balaban J connectivity index is 2.88. The van der Waals surface area contributed by atoms with Gasteiger partial charge in [-0.2, -0.15) is 0 Å². The maximum atomic E-state index is 11.4. The van der Waals surface area contributed by atoms with Crippen molar-refractivity contribution in [1.29, 1.82) is 0 Å². The Hall–Kier alpha value is -1.27. The molecule has 1 saturated heterocycles. The molecule has 0 aromatic rings. The lowest BCUT2D eigenvalue weighted by Gasteiger charge is -2.54. The molecule has 1 rings (SSSR count). The van der Waals surface area contributed by atoms with E-state index in [1.807, 2.05) is 6.92 Å². The van der Waals surface area contributed by atoms with Gasteiger partial charge in [-0.05, 0) is 34.6 Å². The van der Waals surface area contributed by atoms with Crippen LogP contribution in [-0.2, 0) is 9.53 Å². The van der Waals surface area contributed by atoms with Gasteiger partial charge < -0.3 is 4.74 Å². The normalized spacial score (nSPS) is 22.2. The number of hydrogen-bond acceptors (Lipinski definition) is 3. The molecule has 0 atom stereocenters. The summed E-state index contributed by atoms with van der Waals surface area (Å²) < 4.78 is 5.44. The van der Waals surface area contributed by atoms with Gasteiger partial charge >= 0.3 is 5.97 Å². The number of ether oxygens (including phenoxy) is 1. The van der Waals surface area contributed by atoms with Crippen LogP contribution in [0.1, 0.15) is 47.5 Å². The summed E-state index contributed by atoms with van der Waals surface area (Å²) in [4.78, 5) is 13.8. The molecular formula is C16H25NO2. The lowest BCUT2D eigenvalue weighted by atomic mass is 9.78. The third-order valence-electron chi connectivity index (χ3n) is 3.78. The van der Waals surface area contributed by atoms with Crippen molar-refractivity contribution in [3.8, 4) is 11.8 Å². The first kappa shape index (κ1) is 15.8. The molecule has 0 N–H and O–H groups in total. The van der Waals surface area contributed by atoms with Gasteiger partial charge in [0, 0.05) is 30.0 Å². The summed E-state index contributed by atoms with van der Waals surface area (Å²) in [5.41, 5.74) is -0.0879. The van der Waals surface area contributed by atoms with E-state index in [0.717, 1.165) is 19.4 Å². The highest BCUT2D eigenvalue weighted by Crippen LogP contribution is 2.39. The van der Waals surface area contributed by atoms with Gasteiger partial charge in [0.15, 0.2) is 0 Å². The monoisotopic (exact) mass is 263 g/mol. The van der Waals surface area contributed by atoms with Crippen LogP contribution in [0.3, 0.4) is 0 Å². The number of carbonyl (C=O) groups excluding carboxylic acids is 1. The predicted octanol–water partition coefficient (Wildman–Crippen LogP) is 2.76. The molecular weight excluding hydrogens is 238 g/mol. The van der Waals surface area contributed by atoms with Crippen LogP contribution >= 0.6 is 0 Å². The maximum absolute atomic E-state index is 11.4. The molecule has 0 saturated carbocycles. The third-order valence-corrected chi connectivity index (χ3v) is 3.78. The van der Waals surface area contributed by atoms with E-state index in [9.17, 15) is 4.79 Å². The highest BCUT2D eigenvalue weighted by Gasteiger charge is 2.45. The topological polar surface area (TPSA) is 29.5 Å². The average molecular weight is 263 g/mol. The molecule has 0 aliphatic carbocycles. The fourth-order valence-electron chi connectivity index (χ4n) is 3.11. The lowest BCUT2D eigenvalue weighted by molar-refractivity contribution is -0.153. The van der Waals surface area contributed by atoms with Crippen molar-refractivity contribution in [2.45, 2.75) is 64.6 Å². The van der Waals surface area contributed by atoms with E-state index in [1.165, 1.54) is 6.08 Å². The first-order chi connectivity index (χ1) is 8.73.